The van der Waals surface area contributed by atoms with E-state index in [-0.39, 0.29) is 11.3 Å². The molecule has 0 atom stereocenters. The van der Waals surface area contributed by atoms with Gasteiger partial charge in [0.2, 0.25) is 0 Å². The van der Waals surface area contributed by atoms with Gasteiger partial charge in [0.25, 0.3) is 0 Å². The molecule has 0 spiro atoms. The zero-order chi connectivity index (χ0) is 19.8. The minimum Gasteiger partial charge on any atom is -0.444 e. The third kappa shape index (κ3) is 4.77. The van der Waals surface area contributed by atoms with Crippen LogP contribution in [0.3, 0.4) is 0 Å². The zero-order valence-electron chi connectivity index (χ0n) is 15.4. The van der Waals surface area contributed by atoms with Crippen molar-refractivity contribution in [1.29, 1.82) is 0 Å². The van der Waals surface area contributed by atoms with Crippen LogP contribution in [0.4, 0.5) is 18.0 Å². The highest BCUT2D eigenvalue weighted by Crippen LogP contribution is 2.36. The molecule has 1 aromatic rings. The highest BCUT2D eigenvalue weighted by molar-refractivity contribution is 6.00. The lowest BCUT2D eigenvalue weighted by Crippen LogP contribution is -2.46. The van der Waals surface area contributed by atoms with E-state index in [9.17, 15) is 22.8 Å². The molecule has 4 nitrogen and oxygen atoms in total. The maximum Gasteiger partial charge on any atom is 0.416 e. The molecule has 0 saturated carbocycles. The van der Waals surface area contributed by atoms with Crippen LogP contribution >= 0.6 is 0 Å². The minimum absolute atomic E-state index is 0.199. The molecule has 1 heterocycles. The number of alkyl halides is 3. The van der Waals surface area contributed by atoms with Crippen LogP contribution in [0.5, 0.6) is 0 Å². The summed E-state index contributed by atoms with van der Waals surface area (Å²) in [5, 5.41) is 0. The predicted molar refractivity (Wildman–Crippen MR) is 90.9 cm³/mol. The van der Waals surface area contributed by atoms with E-state index in [1.54, 1.807) is 32.6 Å². The molecule has 1 aliphatic heterocycles. The molecular formula is C19H24F3NO3. The first-order valence-corrected chi connectivity index (χ1v) is 8.52. The van der Waals surface area contributed by atoms with Crippen LogP contribution in [0.25, 0.3) is 0 Å². The monoisotopic (exact) mass is 371 g/mol. The van der Waals surface area contributed by atoms with E-state index >= 15 is 0 Å². The molecule has 2 rings (SSSR count). The standard InChI is InChI=1S/C19H24F3NO3/c1-17(2,3)26-16(25)23-11-9-18(4,10-12-23)15(24)13-5-7-14(8-6-13)19(20,21)22/h5-8H,9-12H2,1-4H3. The van der Waals surface area contributed by atoms with Gasteiger partial charge in [-0.15, -0.1) is 0 Å². The van der Waals surface area contributed by atoms with Crippen molar-refractivity contribution in [1.82, 2.24) is 4.90 Å². The minimum atomic E-state index is -4.43. The summed E-state index contributed by atoms with van der Waals surface area (Å²) in [6, 6.07) is 4.28. The van der Waals surface area contributed by atoms with Crippen molar-refractivity contribution >= 4 is 11.9 Å². The molecule has 1 aromatic carbocycles. The van der Waals surface area contributed by atoms with E-state index in [4.69, 9.17) is 4.74 Å². The molecule has 0 aromatic heterocycles. The lowest BCUT2D eigenvalue weighted by molar-refractivity contribution is -0.137. The second-order valence-corrected chi connectivity index (χ2v) is 7.93. The average Bonchev–Trinajstić information content (AvgIpc) is 2.52. The van der Waals surface area contributed by atoms with Crippen molar-refractivity contribution in [2.75, 3.05) is 13.1 Å². The number of ketones is 1. The Bertz CT molecular complexity index is 667. The Balaban J connectivity index is 2.03. The maximum absolute atomic E-state index is 12.8. The molecule has 1 fully saturated rings. The molecule has 0 aliphatic carbocycles. The Hall–Kier alpha value is -2.05. The van der Waals surface area contributed by atoms with Gasteiger partial charge in [-0.1, -0.05) is 19.1 Å². The molecule has 1 aliphatic rings. The summed E-state index contributed by atoms with van der Waals surface area (Å²) in [7, 11) is 0. The van der Waals surface area contributed by atoms with Crippen LogP contribution in [-0.4, -0.2) is 35.5 Å². The van der Waals surface area contributed by atoms with Gasteiger partial charge < -0.3 is 9.64 Å². The molecule has 1 amide bonds. The quantitative estimate of drug-likeness (QED) is 0.693. The van der Waals surface area contributed by atoms with Crippen LogP contribution in [0.15, 0.2) is 24.3 Å². The van der Waals surface area contributed by atoms with E-state index in [2.05, 4.69) is 0 Å². The topological polar surface area (TPSA) is 46.6 Å². The van der Waals surface area contributed by atoms with Crippen LogP contribution < -0.4 is 0 Å². The van der Waals surface area contributed by atoms with Crippen LogP contribution in [0, 0.1) is 5.41 Å². The lowest BCUT2D eigenvalue weighted by atomic mass is 9.74. The van der Waals surface area contributed by atoms with Gasteiger partial charge >= 0.3 is 12.3 Å². The number of hydrogen-bond donors (Lipinski definition) is 0. The van der Waals surface area contributed by atoms with Gasteiger partial charge in [0.15, 0.2) is 5.78 Å². The first kappa shape index (κ1) is 20.3. The summed E-state index contributed by atoms with van der Waals surface area (Å²) in [5.41, 5.74) is -1.82. The number of carbonyl (C=O) groups excluding carboxylic acids is 2. The summed E-state index contributed by atoms with van der Waals surface area (Å²) >= 11 is 0. The molecule has 7 heteroatoms. The SMILES string of the molecule is CC(C)(C)OC(=O)N1CCC(C)(C(=O)c2ccc(C(F)(F)F)cc2)CC1. The lowest BCUT2D eigenvalue weighted by Gasteiger charge is -2.38. The summed E-state index contributed by atoms with van der Waals surface area (Å²) in [6.45, 7) is 7.89. The van der Waals surface area contributed by atoms with E-state index in [1.807, 2.05) is 0 Å². The van der Waals surface area contributed by atoms with Gasteiger partial charge in [0.05, 0.1) is 5.56 Å². The molecule has 1 saturated heterocycles. The van der Waals surface area contributed by atoms with E-state index in [0.29, 0.717) is 25.9 Å². The fourth-order valence-electron chi connectivity index (χ4n) is 2.90. The van der Waals surface area contributed by atoms with Crippen molar-refractivity contribution < 1.29 is 27.5 Å². The number of halogens is 3. The third-order valence-electron chi connectivity index (χ3n) is 4.54. The summed E-state index contributed by atoms with van der Waals surface area (Å²) < 4.78 is 43.3. The van der Waals surface area contributed by atoms with Crippen molar-refractivity contribution in [3.8, 4) is 0 Å². The van der Waals surface area contributed by atoms with Gasteiger partial charge in [-0.3, -0.25) is 4.79 Å². The van der Waals surface area contributed by atoms with E-state index < -0.39 is 28.8 Å². The Morgan fingerprint density at radius 1 is 1.04 bits per heavy atom. The first-order chi connectivity index (χ1) is 11.8. The first-order valence-electron chi connectivity index (χ1n) is 8.52. The van der Waals surface area contributed by atoms with Gasteiger partial charge in [-0.05, 0) is 45.7 Å². The number of rotatable bonds is 2. The number of hydrogen-bond acceptors (Lipinski definition) is 3. The number of ether oxygens (including phenoxy) is 1. The van der Waals surface area contributed by atoms with Crippen LogP contribution in [-0.2, 0) is 10.9 Å². The third-order valence-corrected chi connectivity index (χ3v) is 4.54. The second-order valence-electron chi connectivity index (χ2n) is 7.93. The predicted octanol–water partition coefficient (Wildman–Crippen LogP) is 4.93. The molecule has 0 bridgehead atoms. The van der Waals surface area contributed by atoms with Crippen LogP contribution in [0.2, 0.25) is 0 Å². The van der Waals surface area contributed by atoms with Gasteiger partial charge in [-0.2, -0.15) is 13.2 Å². The molecular weight excluding hydrogens is 347 g/mol. The van der Waals surface area contributed by atoms with Crippen molar-refractivity contribution in [3.05, 3.63) is 35.4 Å². The number of nitrogens with zero attached hydrogens (tertiary/aromatic N) is 1. The number of carbonyl (C=O) groups is 2. The molecule has 26 heavy (non-hydrogen) atoms. The number of piperidine rings is 1. The Kier molecular flexibility index (Phi) is 5.40. The van der Waals surface area contributed by atoms with Crippen molar-refractivity contribution in [2.45, 2.75) is 52.3 Å². The number of Topliss-reactive ketones (excluding diaryl/α,β-unsaturated/α-hetero) is 1. The highest BCUT2D eigenvalue weighted by Gasteiger charge is 2.39. The Labute approximate surface area is 151 Å². The smallest absolute Gasteiger partial charge is 0.416 e. The van der Waals surface area contributed by atoms with Gasteiger partial charge in [0, 0.05) is 24.1 Å². The fraction of sp³-hybridized carbons (Fsp3) is 0.579. The number of likely N-dealkylation sites (tertiary alicyclic amines) is 1. The Morgan fingerprint density at radius 3 is 1.96 bits per heavy atom. The zero-order valence-corrected chi connectivity index (χ0v) is 15.4. The number of amides is 1. The van der Waals surface area contributed by atoms with Gasteiger partial charge in [-0.25, -0.2) is 4.79 Å². The van der Waals surface area contributed by atoms with Crippen molar-refractivity contribution in [3.63, 3.8) is 0 Å². The molecule has 144 valence electrons. The second kappa shape index (κ2) is 6.93. The maximum atomic E-state index is 12.8. The molecule has 0 radical (unpaired) electrons. The van der Waals surface area contributed by atoms with E-state index in [0.717, 1.165) is 12.1 Å². The largest absolute Gasteiger partial charge is 0.444 e. The van der Waals surface area contributed by atoms with Crippen LogP contribution in [0.1, 0.15) is 56.5 Å². The normalized spacial score (nSPS) is 17.7. The summed E-state index contributed by atoms with van der Waals surface area (Å²) in [5.74, 6) is -0.199. The van der Waals surface area contributed by atoms with Crippen molar-refractivity contribution in [2.24, 2.45) is 5.41 Å². The fourth-order valence-corrected chi connectivity index (χ4v) is 2.90. The summed E-state index contributed by atoms with van der Waals surface area (Å²) in [4.78, 5) is 26.4. The number of benzene rings is 1. The van der Waals surface area contributed by atoms with E-state index in [1.165, 1.54) is 12.1 Å². The Morgan fingerprint density at radius 2 is 1.54 bits per heavy atom. The highest BCUT2D eigenvalue weighted by atomic mass is 19.4. The van der Waals surface area contributed by atoms with Gasteiger partial charge in [0.1, 0.15) is 5.60 Å². The molecule has 0 N–H and O–H groups in total. The molecule has 0 unspecified atom stereocenters. The summed E-state index contributed by atoms with van der Waals surface area (Å²) in [6.07, 6.45) is -3.97. The average molecular weight is 371 g/mol.